The summed E-state index contributed by atoms with van der Waals surface area (Å²) >= 11 is 0. The maximum absolute atomic E-state index is 5.68. The van der Waals surface area contributed by atoms with Gasteiger partial charge in [0.1, 0.15) is 0 Å². The van der Waals surface area contributed by atoms with E-state index in [-0.39, 0.29) is 0 Å². The minimum absolute atomic E-state index is 0.404. The molecule has 0 amide bonds. The fraction of sp³-hybridized carbons (Fsp3) is 1.00. The van der Waals surface area contributed by atoms with Crippen LogP contribution in [-0.2, 0) is 4.74 Å². The van der Waals surface area contributed by atoms with Gasteiger partial charge in [-0.1, -0.05) is 0 Å². The third kappa shape index (κ3) is 1.95. The Labute approximate surface area is 56.4 Å². The van der Waals surface area contributed by atoms with Crippen LogP contribution in [0.5, 0.6) is 0 Å². The smallest absolute Gasteiger partial charge is 0.0590 e. The van der Waals surface area contributed by atoms with E-state index in [0.29, 0.717) is 12.1 Å². The first-order valence-corrected chi connectivity index (χ1v) is 3.70. The molecule has 0 bridgehead atoms. The van der Waals surface area contributed by atoms with Crippen LogP contribution < -0.4 is 5.73 Å². The van der Waals surface area contributed by atoms with Crippen molar-refractivity contribution in [1.29, 1.82) is 0 Å². The Bertz CT molecular complexity index is 83.0. The lowest BCUT2D eigenvalue weighted by atomic mass is 10.3. The van der Waals surface area contributed by atoms with Crippen LogP contribution in [-0.4, -0.2) is 18.8 Å². The summed E-state index contributed by atoms with van der Waals surface area (Å²) in [5, 5.41) is 0. The summed E-state index contributed by atoms with van der Waals surface area (Å²) in [6.07, 6.45) is 3.83. The number of ether oxygens (including phenoxy) is 1. The van der Waals surface area contributed by atoms with Gasteiger partial charge in [0.05, 0.1) is 6.10 Å². The molecule has 9 heavy (non-hydrogen) atoms. The number of rotatable bonds is 2. The van der Waals surface area contributed by atoms with Crippen LogP contribution in [0.3, 0.4) is 0 Å². The molecule has 0 saturated heterocycles. The molecular formula is C7H15NO. The van der Waals surface area contributed by atoms with E-state index >= 15 is 0 Å². The van der Waals surface area contributed by atoms with Gasteiger partial charge >= 0.3 is 0 Å². The zero-order valence-electron chi connectivity index (χ0n) is 5.97. The molecule has 54 valence electrons. The van der Waals surface area contributed by atoms with Crippen LogP contribution in [0.2, 0.25) is 0 Å². The van der Waals surface area contributed by atoms with Crippen molar-refractivity contribution in [3.63, 3.8) is 0 Å². The van der Waals surface area contributed by atoms with Crippen molar-refractivity contribution < 1.29 is 4.74 Å². The van der Waals surface area contributed by atoms with Crippen molar-refractivity contribution in [3.05, 3.63) is 0 Å². The lowest BCUT2D eigenvalue weighted by Gasteiger charge is -2.07. The van der Waals surface area contributed by atoms with E-state index < -0.39 is 0 Å². The third-order valence-electron chi connectivity index (χ3n) is 1.83. The Morgan fingerprint density at radius 2 is 2.33 bits per heavy atom. The summed E-state index contributed by atoms with van der Waals surface area (Å²) in [6, 6.07) is 0.404. The molecule has 2 heteroatoms. The number of hydrogen-bond acceptors (Lipinski definition) is 2. The molecule has 2 nitrogen and oxygen atoms in total. The van der Waals surface area contributed by atoms with E-state index in [9.17, 15) is 0 Å². The SMILES string of the molecule is CCO[C@H]1CC[C@@H](N)C1. The van der Waals surface area contributed by atoms with Gasteiger partial charge in [0.25, 0.3) is 0 Å². The van der Waals surface area contributed by atoms with Crippen molar-refractivity contribution in [2.24, 2.45) is 5.73 Å². The van der Waals surface area contributed by atoms with Crippen LogP contribution in [0.1, 0.15) is 26.2 Å². The molecule has 1 rings (SSSR count). The molecule has 0 radical (unpaired) electrons. The highest BCUT2D eigenvalue weighted by atomic mass is 16.5. The molecule has 1 aliphatic carbocycles. The van der Waals surface area contributed by atoms with E-state index in [4.69, 9.17) is 10.5 Å². The standard InChI is InChI=1S/C7H15NO/c1-2-9-7-4-3-6(8)5-7/h6-7H,2-5,8H2,1H3/t6-,7+/m1/s1. The molecule has 0 aliphatic heterocycles. The van der Waals surface area contributed by atoms with E-state index in [1.807, 2.05) is 6.92 Å². The summed E-state index contributed by atoms with van der Waals surface area (Å²) in [5.74, 6) is 0. The van der Waals surface area contributed by atoms with E-state index in [2.05, 4.69) is 0 Å². The van der Waals surface area contributed by atoms with Gasteiger partial charge < -0.3 is 10.5 Å². The molecule has 0 aromatic rings. The summed E-state index contributed by atoms with van der Waals surface area (Å²) in [4.78, 5) is 0. The Morgan fingerprint density at radius 1 is 1.56 bits per heavy atom. The largest absolute Gasteiger partial charge is 0.378 e. The van der Waals surface area contributed by atoms with E-state index in [1.165, 1.54) is 0 Å². The molecule has 2 N–H and O–H groups in total. The molecule has 0 unspecified atom stereocenters. The zero-order chi connectivity index (χ0) is 6.69. The molecule has 0 aromatic heterocycles. The topological polar surface area (TPSA) is 35.2 Å². The first-order chi connectivity index (χ1) is 4.33. The van der Waals surface area contributed by atoms with Gasteiger partial charge in [0.2, 0.25) is 0 Å². The maximum Gasteiger partial charge on any atom is 0.0590 e. The molecular weight excluding hydrogens is 114 g/mol. The van der Waals surface area contributed by atoms with Crippen molar-refractivity contribution >= 4 is 0 Å². The molecule has 0 aromatic carbocycles. The monoisotopic (exact) mass is 129 g/mol. The lowest BCUT2D eigenvalue weighted by molar-refractivity contribution is 0.0675. The van der Waals surface area contributed by atoms with Crippen LogP contribution in [0.4, 0.5) is 0 Å². The highest BCUT2D eigenvalue weighted by Crippen LogP contribution is 2.19. The molecule has 1 aliphatic rings. The minimum atomic E-state index is 0.404. The minimum Gasteiger partial charge on any atom is -0.378 e. The Balaban J connectivity index is 2.14. The van der Waals surface area contributed by atoms with Crippen molar-refractivity contribution in [3.8, 4) is 0 Å². The molecule has 0 heterocycles. The second-order valence-electron chi connectivity index (χ2n) is 2.65. The molecule has 2 atom stereocenters. The quantitative estimate of drug-likeness (QED) is 0.601. The Morgan fingerprint density at radius 3 is 2.78 bits per heavy atom. The highest BCUT2D eigenvalue weighted by molar-refractivity contribution is 4.77. The van der Waals surface area contributed by atoms with Crippen LogP contribution in [0, 0.1) is 0 Å². The predicted octanol–water partition coefficient (Wildman–Crippen LogP) is 0.903. The second kappa shape index (κ2) is 3.18. The lowest BCUT2D eigenvalue weighted by Crippen LogP contribution is -2.17. The van der Waals surface area contributed by atoms with Gasteiger partial charge in [-0.15, -0.1) is 0 Å². The van der Waals surface area contributed by atoms with Crippen molar-refractivity contribution in [2.45, 2.75) is 38.3 Å². The summed E-state index contributed by atoms with van der Waals surface area (Å²) < 4.78 is 5.39. The van der Waals surface area contributed by atoms with Gasteiger partial charge in [0.15, 0.2) is 0 Å². The van der Waals surface area contributed by atoms with E-state index in [0.717, 1.165) is 25.9 Å². The van der Waals surface area contributed by atoms with Crippen LogP contribution >= 0.6 is 0 Å². The zero-order valence-corrected chi connectivity index (χ0v) is 5.97. The van der Waals surface area contributed by atoms with Crippen molar-refractivity contribution in [2.75, 3.05) is 6.61 Å². The summed E-state index contributed by atoms with van der Waals surface area (Å²) in [5.41, 5.74) is 5.68. The summed E-state index contributed by atoms with van der Waals surface area (Å²) in [6.45, 7) is 2.86. The van der Waals surface area contributed by atoms with E-state index in [1.54, 1.807) is 0 Å². The number of hydrogen-bond donors (Lipinski definition) is 1. The van der Waals surface area contributed by atoms with Gasteiger partial charge in [-0.3, -0.25) is 0 Å². The van der Waals surface area contributed by atoms with Crippen molar-refractivity contribution in [1.82, 2.24) is 0 Å². The van der Waals surface area contributed by atoms with Gasteiger partial charge in [0, 0.05) is 12.6 Å². The molecule has 1 saturated carbocycles. The number of nitrogens with two attached hydrogens (primary N) is 1. The first kappa shape index (κ1) is 7.03. The summed E-state index contributed by atoms with van der Waals surface area (Å²) in [7, 11) is 0. The average Bonchev–Trinajstić information content (AvgIpc) is 2.17. The fourth-order valence-electron chi connectivity index (χ4n) is 1.36. The maximum atomic E-state index is 5.68. The predicted molar refractivity (Wildman–Crippen MR) is 37.2 cm³/mol. The Hall–Kier alpha value is -0.0800. The van der Waals surface area contributed by atoms with Gasteiger partial charge in [-0.05, 0) is 26.2 Å². The Kier molecular flexibility index (Phi) is 2.49. The molecule has 1 fully saturated rings. The van der Waals surface area contributed by atoms with Gasteiger partial charge in [-0.25, -0.2) is 0 Å². The average molecular weight is 129 g/mol. The highest BCUT2D eigenvalue weighted by Gasteiger charge is 2.21. The second-order valence-corrected chi connectivity index (χ2v) is 2.65. The third-order valence-corrected chi connectivity index (χ3v) is 1.83. The molecule has 0 spiro atoms. The van der Waals surface area contributed by atoms with Crippen LogP contribution in [0.15, 0.2) is 0 Å². The normalized spacial score (nSPS) is 35.3. The van der Waals surface area contributed by atoms with Crippen LogP contribution in [0.25, 0.3) is 0 Å². The fourth-order valence-corrected chi connectivity index (χ4v) is 1.36. The van der Waals surface area contributed by atoms with Gasteiger partial charge in [-0.2, -0.15) is 0 Å². The first-order valence-electron chi connectivity index (χ1n) is 3.70.